The molecular formula is C13H15BF2O3. The van der Waals surface area contributed by atoms with Gasteiger partial charge >= 0.3 is 7.12 Å². The first-order valence-electron chi connectivity index (χ1n) is 5.98. The van der Waals surface area contributed by atoms with Gasteiger partial charge < -0.3 is 9.31 Å². The first-order valence-corrected chi connectivity index (χ1v) is 5.98. The zero-order valence-electron chi connectivity index (χ0n) is 11.3. The van der Waals surface area contributed by atoms with Gasteiger partial charge in [-0.25, -0.2) is 8.78 Å². The molecule has 1 aliphatic rings. The second-order valence-corrected chi connectivity index (χ2v) is 5.60. The van der Waals surface area contributed by atoms with E-state index in [1.54, 1.807) is 0 Å². The Bertz CT molecular complexity index is 513. The lowest BCUT2D eigenvalue weighted by atomic mass is 9.76. The predicted octanol–water partition coefficient (Wildman–Crippen LogP) is 2.08. The highest BCUT2D eigenvalue weighted by molar-refractivity contribution is 6.63. The van der Waals surface area contributed by atoms with Crippen LogP contribution in [-0.2, 0) is 9.31 Å². The summed E-state index contributed by atoms with van der Waals surface area (Å²) < 4.78 is 37.9. The molecule has 0 saturated carbocycles. The first-order chi connectivity index (χ1) is 8.68. The molecule has 0 atom stereocenters. The molecule has 1 aliphatic heterocycles. The summed E-state index contributed by atoms with van der Waals surface area (Å²) in [5.74, 6) is -2.10. The minimum atomic E-state index is -1.07. The maximum Gasteiger partial charge on any atom is 0.495 e. The number of hydrogen-bond acceptors (Lipinski definition) is 3. The van der Waals surface area contributed by atoms with Crippen LogP contribution >= 0.6 is 0 Å². The SMILES string of the molecule is CC1(C)OB(c2cc(F)c(F)cc2C=O)OC1(C)C. The van der Waals surface area contributed by atoms with E-state index < -0.39 is 30.0 Å². The van der Waals surface area contributed by atoms with Crippen LogP contribution in [-0.4, -0.2) is 24.6 Å². The summed E-state index contributed by atoms with van der Waals surface area (Å²) in [7, 11) is -0.889. The van der Waals surface area contributed by atoms with Crippen LogP contribution in [0.2, 0.25) is 0 Å². The van der Waals surface area contributed by atoms with Crippen molar-refractivity contribution in [2.75, 3.05) is 0 Å². The first kappa shape index (κ1) is 14.2. The quantitative estimate of drug-likeness (QED) is 0.608. The third kappa shape index (κ3) is 2.30. The maximum atomic E-state index is 13.3. The Morgan fingerprint density at radius 3 is 2.00 bits per heavy atom. The second kappa shape index (κ2) is 4.39. The summed E-state index contributed by atoms with van der Waals surface area (Å²) in [5.41, 5.74) is -0.990. The van der Waals surface area contributed by atoms with E-state index in [1.165, 1.54) is 0 Å². The zero-order chi connectivity index (χ0) is 14.4. The van der Waals surface area contributed by atoms with Crippen molar-refractivity contribution in [3.05, 3.63) is 29.3 Å². The maximum absolute atomic E-state index is 13.3. The molecule has 0 radical (unpaired) electrons. The van der Waals surface area contributed by atoms with Crippen molar-refractivity contribution in [1.29, 1.82) is 0 Å². The van der Waals surface area contributed by atoms with Gasteiger partial charge in [0.15, 0.2) is 11.6 Å². The number of carbonyl (C=O) groups is 1. The third-order valence-electron chi connectivity index (χ3n) is 3.76. The normalized spacial score (nSPS) is 20.6. The zero-order valence-corrected chi connectivity index (χ0v) is 11.3. The summed E-state index contributed by atoms with van der Waals surface area (Å²) >= 11 is 0. The fourth-order valence-corrected chi connectivity index (χ4v) is 1.85. The highest BCUT2D eigenvalue weighted by atomic mass is 19.2. The van der Waals surface area contributed by atoms with Crippen LogP contribution in [0, 0.1) is 11.6 Å². The lowest BCUT2D eigenvalue weighted by Crippen LogP contribution is -2.41. The van der Waals surface area contributed by atoms with Gasteiger partial charge in [-0.15, -0.1) is 0 Å². The van der Waals surface area contributed by atoms with E-state index >= 15 is 0 Å². The van der Waals surface area contributed by atoms with Gasteiger partial charge in [0.05, 0.1) is 11.2 Å². The van der Waals surface area contributed by atoms with Gasteiger partial charge in [-0.05, 0) is 45.3 Å². The lowest BCUT2D eigenvalue weighted by molar-refractivity contribution is 0.00578. The van der Waals surface area contributed by atoms with Crippen molar-refractivity contribution in [1.82, 2.24) is 0 Å². The van der Waals surface area contributed by atoms with Crippen LogP contribution in [0.4, 0.5) is 8.78 Å². The smallest absolute Gasteiger partial charge is 0.399 e. The van der Waals surface area contributed by atoms with Crippen molar-refractivity contribution >= 4 is 18.9 Å². The molecule has 0 bridgehead atoms. The Morgan fingerprint density at radius 2 is 1.53 bits per heavy atom. The predicted molar refractivity (Wildman–Crippen MR) is 67.5 cm³/mol. The number of aldehydes is 1. The Hall–Kier alpha value is -1.27. The van der Waals surface area contributed by atoms with Gasteiger partial charge in [-0.1, -0.05) is 0 Å². The third-order valence-corrected chi connectivity index (χ3v) is 3.76. The summed E-state index contributed by atoms with van der Waals surface area (Å²) in [5, 5.41) is 0. The highest BCUT2D eigenvalue weighted by Crippen LogP contribution is 2.36. The number of carbonyl (C=O) groups excluding carboxylic acids is 1. The van der Waals surface area contributed by atoms with Crippen LogP contribution in [0.5, 0.6) is 0 Å². The van der Waals surface area contributed by atoms with E-state index in [0.29, 0.717) is 6.29 Å². The summed E-state index contributed by atoms with van der Waals surface area (Å²) in [6.07, 6.45) is 0.461. The van der Waals surface area contributed by atoms with E-state index in [4.69, 9.17) is 9.31 Å². The van der Waals surface area contributed by atoms with Crippen LogP contribution in [0.3, 0.4) is 0 Å². The number of halogens is 2. The van der Waals surface area contributed by atoms with Crippen LogP contribution in [0.25, 0.3) is 0 Å². The van der Waals surface area contributed by atoms with E-state index in [2.05, 4.69) is 0 Å². The molecule has 1 aromatic carbocycles. The molecular weight excluding hydrogens is 253 g/mol. The standard InChI is InChI=1S/C13H15BF2O3/c1-12(2)13(3,4)19-14(18-12)9-6-11(16)10(15)5-8(9)7-17/h5-7H,1-4H3. The van der Waals surface area contributed by atoms with Crippen molar-refractivity contribution in [3.8, 4) is 0 Å². The minimum Gasteiger partial charge on any atom is -0.399 e. The molecule has 0 unspecified atom stereocenters. The van der Waals surface area contributed by atoms with Gasteiger partial charge in [0.25, 0.3) is 0 Å². The van der Waals surface area contributed by atoms with Gasteiger partial charge in [0, 0.05) is 5.56 Å². The second-order valence-electron chi connectivity index (χ2n) is 5.60. The Balaban J connectivity index is 2.44. The molecule has 1 aromatic rings. The molecule has 2 rings (SSSR count). The summed E-state index contributed by atoms with van der Waals surface area (Å²) in [6.45, 7) is 7.36. The molecule has 102 valence electrons. The molecule has 0 N–H and O–H groups in total. The van der Waals surface area contributed by atoms with Crippen LogP contribution < -0.4 is 5.46 Å². The number of rotatable bonds is 2. The highest BCUT2D eigenvalue weighted by Gasteiger charge is 2.52. The molecule has 3 nitrogen and oxygen atoms in total. The van der Waals surface area contributed by atoms with Crippen LogP contribution in [0.15, 0.2) is 12.1 Å². The van der Waals surface area contributed by atoms with Gasteiger partial charge in [-0.3, -0.25) is 4.79 Å². The number of benzene rings is 1. The fourth-order valence-electron chi connectivity index (χ4n) is 1.85. The Morgan fingerprint density at radius 1 is 1.05 bits per heavy atom. The van der Waals surface area contributed by atoms with E-state index in [1.807, 2.05) is 27.7 Å². The van der Waals surface area contributed by atoms with E-state index in [0.717, 1.165) is 12.1 Å². The van der Waals surface area contributed by atoms with Gasteiger partial charge in [0.1, 0.15) is 6.29 Å². The van der Waals surface area contributed by atoms with Crippen molar-refractivity contribution < 1.29 is 22.9 Å². The Labute approximate surface area is 111 Å². The molecule has 0 aromatic heterocycles. The molecule has 6 heteroatoms. The van der Waals surface area contributed by atoms with E-state index in [9.17, 15) is 13.6 Å². The molecule has 1 heterocycles. The molecule has 0 aliphatic carbocycles. The van der Waals surface area contributed by atoms with Crippen LogP contribution in [0.1, 0.15) is 38.1 Å². The minimum absolute atomic E-state index is 0.0254. The van der Waals surface area contributed by atoms with Gasteiger partial charge in [0.2, 0.25) is 0 Å². The van der Waals surface area contributed by atoms with Crippen molar-refractivity contribution in [3.63, 3.8) is 0 Å². The average Bonchev–Trinajstić information content (AvgIpc) is 2.51. The number of hydrogen-bond donors (Lipinski definition) is 0. The molecule has 1 saturated heterocycles. The Kier molecular flexibility index (Phi) is 3.27. The summed E-state index contributed by atoms with van der Waals surface area (Å²) in [4.78, 5) is 11.0. The molecule has 1 fully saturated rings. The van der Waals surface area contributed by atoms with E-state index in [-0.39, 0.29) is 11.0 Å². The van der Waals surface area contributed by atoms with Crippen molar-refractivity contribution in [2.45, 2.75) is 38.9 Å². The largest absolute Gasteiger partial charge is 0.495 e. The summed E-state index contributed by atoms with van der Waals surface area (Å²) in [6, 6.07) is 1.80. The monoisotopic (exact) mass is 268 g/mol. The topological polar surface area (TPSA) is 35.5 Å². The molecule has 0 spiro atoms. The lowest BCUT2D eigenvalue weighted by Gasteiger charge is -2.32. The molecule has 19 heavy (non-hydrogen) atoms. The average molecular weight is 268 g/mol. The fraction of sp³-hybridized carbons (Fsp3) is 0.462. The van der Waals surface area contributed by atoms with Gasteiger partial charge in [-0.2, -0.15) is 0 Å². The van der Waals surface area contributed by atoms with Crippen molar-refractivity contribution in [2.24, 2.45) is 0 Å². The molecule has 0 amide bonds.